The van der Waals surface area contributed by atoms with Crippen LogP contribution in [-0.4, -0.2) is 27.5 Å². The maximum absolute atomic E-state index is 13.9. The molecule has 0 radical (unpaired) electrons. The molecule has 0 aliphatic carbocycles. The third-order valence-electron chi connectivity index (χ3n) is 7.12. The van der Waals surface area contributed by atoms with Gasteiger partial charge in [0.25, 0.3) is 0 Å². The number of rotatable bonds is 5. The predicted octanol–water partition coefficient (Wildman–Crippen LogP) is 6.78. The number of carbonyl (C=O) groups is 3. The molecule has 1 N–H and O–H groups in total. The van der Waals surface area contributed by atoms with Gasteiger partial charge < -0.3 is 5.32 Å². The molecule has 2 aliphatic heterocycles. The first-order chi connectivity index (χ1) is 20.4. The Kier molecular flexibility index (Phi) is 7.78. The summed E-state index contributed by atoms with van der Waals surface area (Å²) in [6, 6.07) is 17.7. The molecule has 3 heterocycles. The molecule has 14 heteroatoms. The molecular formula is C29H18BrClF3N3O4S2. The van der Waals surface area contributed by atoms with Crippen molar-refractivity contribution in [3.8, 4) is 0 Å². The third kappa shape index (κ3) is 5.54. The lowest BCUT2D eigenvalue weighted by Gasteiger charge is -2.30. The Morgan fingerprint density at radius 2 is 1.70 bits per heavy atom. The maximum Gasteiger partial charge on any atom is 0.416 e. The molecule has 43 heavy (non-hydrogen) atoms. The number of carbonyl (C=O) groups excluding carboxylic acids is 3. The minimum Gasteiger partial charge on any atom is -0.325 e. The van der Waals surface area contributed by atoms with Crippen molar-refractivity contribution in [3.05, 3.63) is 108 Å². The molecule has 1 saturated heterocycles. The molecule has 3 atom stereocenters. The zero-order valence-electron chi connectivity index (χ0n) is 21.6. The first kappa shape index (κ1) is 29.7. The Labute approximate surface area is 263 Å². The van der Waals surface area contributed by atoms with E-state index in [2.05, 4.69) is 21.2 Å². The molecule has 4 aromatic rings. The summed E-state index contributed by atoms with van der Waals surface area (Å²) in [4.78, 5) is 55.1. The van der Waals surface area contributed by atoms with E-state index in [0.29, 0.717) is 26.2 Å². The molecule has 220 valence electrons. The van der Waals surface area contributed by atoms with Crippen LogP contribution in [-0.2, 0) is 27.1 Å². The molecule has 2 aliphatic rings. The maximum atomic E-state index is 13.9. The van der Waals surface area contributed by atoms with Crippen LogP contribution in [0.25, 0.3) is 0 Å². The van der Waals surface area contributed by atoms with E-state index in [1.165, 1.54) is 16.7 Å². The molecular weight excluding hydrogens is 691 g/mol. The minimum absolute atomic E-state index is 0.0770. The van der Waals surface area contributed by atoms with E-state index < -0.39 is 58.0 Å². The van der Waals surface area contributed by atoms with Gasteiger partial charge in [-0.1, -0.05) is 68.8 Å². The number of nitrogens with zero attached hydrogens (tertiary/aromatic N) is 2. The quantitative estimate of drug-likeness (QED) is 0.231. The number of anilines is 2. The van der Waals surface area contributed by atoms with E-state index in [0.717, 1.165) is 44.6 Å². The van der Waals surface area contributed by atoms with Gasteiger partial charge in [0.05, 0.1) is 22.2 Å². The van der Waals surface area contributed by atoms with E-state index in [9.17, 15) is 32.3 Å². The van der Waals surface area contributed by atoms with E-state index in [1.807, 2.05) is 18.2 Å². The SMILES string of the molecule is O=C(Cn1c2c(sc1=O)[C@H](c1cccc(Br)c1)C1C(=O)N(c3ccc(Cl)cc3)C(=O)C1S2)Nc1cccc(C(F)(F)F)c1. The molecule has 3 amide bonds. The number of hydrogen-bond donors (Lipinski definition) is 1. The molecule has 1 aromatic heterocycles. The average molecular weight is 709 g/mol. The van der Waals surface area contributed by atoms with E-state index in [1.54, 1.807) is 30.3 Å². The first-order valence-corrected chi connectivity index (χ1v) is 15.5. The molecule has 0 bridgehead atoms. The molecule has 0 saturated carbocycles. The normalized spacial score (nSPS) is 19.7. The Morgan fingerprint density at radius 3 is 2.40 bits per heavy atom. The fourth-order valence-electron chi connectivity index (χ4n) is 5.28. The van der Waals surface area contributed by atoms with Crippen molar-refractivity contribution >= 4 is 79.7 Å². The number of halogens is 5. The molecule has 3 aromatic carbocycles. The van der Waals surface area contributed by atoms with Crippen LogP contribution in [0, 0.1) is 5.92 Å². The number of fused-ring (bicyclic) bond motifs is 2. The highest BCUT2D eigenvalue weighted by Gasteiger charge is 2.56. The van der Waals surface area contributed by atoms with Gasteiger partial charge in [-0.15, -0.1) is 0 Å². The minimum atomic E-state index is -4.59. The van der Waals surface area contributed by atoms with Crippen molar-refractivity contribution in [2.75, 3.05) is 10.2 Å². The zero-order valence-corrected chi connectivity index (χ0v) is 25.6. The first-order valence-electron chi connectivity index (χ1n) is 12.7. The van der Waals surface area contributed by atoms with E-state index in [-0.39, 0.29) is 5.69 Å². The number of thioether (sulfide) groups is 1. The number of thiazole rings is 1. The highest BCUT2D eigenvalue weighted by Crippen LogP contribution is 2.54. The smallest absolute Gasteiger partial charge is 0.325 e. The summed E-state index contributed by atoms with van der Waals surface area (Å²) < 4.78 is 41.4. The highest BCUT2D eigenvalue weighted by atomic mass is 79.9. The van der Waals surface area contributed by atoms with Crippen LogP contribution in [0.5, 0.6) is 0 Å². The summed E-state index contributed by atoms with van der Waals surface area (Å²) >= 11 is 11.4. The van der Waals surface area contributed by atoms with Crippen molar-refractivity contribution in [1.29, 1.82) is 0 Å². The third-order valence-corrected chi connectivity index (χ3v) is 10.5. The second kappa shape index (κ2) is 11.3. The van der Waals surface area contributed by atoms with Crippen LogP contribution in [0.2, 0.25) is 5.02 Å². The van der Waals surface area contributed by atoms with Crippen LogP contribution in [0.1, 0.15) is 21.9 Å². The lowest BCUT2D eigenvalue weighted by atomic mass is 9.83. The Balaban J connectivity index is 1.38. The number of amides is 3. The highest BCUT2D eigenvalue weighted by molar-refractivity contribution is 9.10. The van der Waals surface area contributed by atoms with E-state index >= 15 is 0 Å². The fourth-order valence-corrected chi connectivity index (χ4v) is 8.59. The lowest BCUT2D eigenvalue weighted by molar-refractivity contribution is -0.137. The van der Waals surface area contributed by atoms with Gasteiger partial charge in [-0.05, 0) is 60.2 Å². The Morgan fingerprint density at radius 1 is 0.977 bits per heavy atom. The van der Waals surface area contributed by atoms with Crippen LogP contribution in [0.4, 0.5) is 24.5 Å². The lowest BCUT2D eigenvalue weighted by Crippen LogP contribution is -2.33. The van der Waals surface area contributed by atoms with Gasteiger partial charge in [0.1, 0.15) is 11.8 Å². The van der Waals surface area contributed by atoms with Crippen LogP contribution < -0.4 is 15.1 Å². The van der Waals surface area contributed by atoms with Gasteiger partial charge in [0.2, 0.25) is 17.7 Å². The average Bonchev–Trinajstić information content (AvgIpc) is 3.39. The standard InChI is InChI=1S/C29H18BrClF3N3O4S2/c30-16-5-1-3-14(11-16)21-22-23(26(40)37(25(22)39)19-9-7-17(31)8-10-19)42-27-24(21)43-28(41)36(27)13-20(38)35-18-6-2-4-15(12-18)29(32,33)34/h1-12,21-23H,13H2,(H,35,38)/t21-,22?,23?/m1/s1. The van der Waals surface area contributed by atoms with Gasteiger partial charge in [0.15, 0.2) is 0 Å². The van der Waals surface area contributed by atoms with Gasteiger partial charge in [-0.2, -0.15) is 13.2 Å². The number of hydrogen-bond acceptors (Lipinski definition) is 6. The van der Waals surface area contributed by atoms with Crippen molar-refractivity contribution in [3.63, 3.8) is 0 Å². The largest absolute Gasteiger partial charge is 0.416 e. The second-order valence-corrected chi connectivity index (χ2v) is 13.3. The van der Waals surface area contributed by atoms with Crippen LogP contribution in [0.15, 0.2) is 87.1 Å². The number of aromatic nitrogens is 1. The number of nitrogens with one attached hydrogen (secondary N) is 1. The molecule has 6 rings (SSSR count). The summed E-state index contributed by atoms with van der Waals surface area (Å²) in [6.45, 7) is -0.500. The monoisotopic (exact) mass is 707 g/mol. The van der Waals surface area contributed by atoms with Crippen LogP contribution >= 0.6 is 50.6 Å². The Bertz CT molecular complexity index is 1840. The van der Waals surface area contributed by atoms with Gasteiger partial charge in [-0.3, -0.25) is 23.7 Å². The zero-order chi connectivity index (χ0) is 30.6. The predicted molar refractivity (Wildman–Crippen MR) is 162 cm³/mol. The molecule has 2 unspecified atom stereocenters. The second-order valence-electron chi connectivity index (χ2n) is 9.84. The number of alkyl halides is 3. The Hall–Kier alpha value is -3.39. The van der Waals surface area contributed by atoms with Gasteiger partial charge >= 0.3 is 11.0 Å². The topological polar surface area (TPSA) is 88.5 Å². The summed E-state index contributed by atoms with van der Waals surface area (Å²) in [5, 5.41) is 2.33. The summed E-state index contributed by atoms with van der Waals surface area (Å²) in [5.41, 5.74) is 0.0609. The van der Waals surface area contributed by atoms with Crippen molar-refractivity contribution in [2.24, 2.45) is 5.92 Å². The molecule has 1 fully saturated rings. The van der Waals surface area contributed by atoms with Crippen molar-refractivity contribution in [2.45, 2.75) is 28.9 Å². The van der Waals surface area contributed by atoms with Crippen molar-refractivity contribution in [1.82, 2.24) is 4.57 Å². The van der Waals surface area contributed by atoms with Gasteiger partial charge in [0, 0.05) is 26.0 Å². The fraction of sp³-hybridized carbons (Fsp3) is 0.172. The van der Waals surface area contributed by atoms with E-state index in [4.69, 9.17) is 11.6 Å². The molecule has 7 nitrogen and oxygen atoms in total. The summed E-state index contributed by atoms with van der Waals surface area (Å²) in [6.07, 6.45) is -4.59. The summed E-state index contributed by atoms with van der Waals surface area (Å²) in [7, 11) is 0. The van der Waals surface area contributed by atoms with Crippen LogP contribution in [0.3, 0.4) is 0 Å². The molecule has 0 spiro atoms. The van der Waals surface area contributed by atoms with Gasteiger partial charge in [-0.25, -0.2) is 4.90 Å². The van der Waals surface area contributed by atoms with Crippen molar-refractivity contribution < 1.29 is 27.6 Å². The summed E-state index contributed by atoms with van der Waals surface area (Å²) in [5.74, 6) is -3.11. The number of benzene rings is 3. The number of imide groups is 1.